The van der Waals surface area contributed by atoms with Crippen molar-refractivity contribution < 1.29 is 17.6 Å². The molecule has 0 saturated heterocycles. The summed E-state index contributed by atoms with van der Waals surface area (Å²) in [4.78, 5) is 12.5. The maximum Gasteiger partial charge on any atom is 0.232 e. The zero-order valence-corrected chi connectivity index (χ0v) is 19.2. The lowest BCUT2D eigenvalue weighted by Gasteiger charge is -2.23. The molecular weight excluding hydrogens is 424 g/mol. The lowest BCUT2D eigenvalue weighted by molar-refractivity contribution is -0.116. The van der Waals surface area contributed by atoms with Crippen molar-refractivity contribution in [2.75, 3.05) is 22.4 Å². The molecule has 6 nitrogen and oxygen atoms in total. The minimum atomic E-state index is -3.46. The molecule has 4 aromatic rings. The summed E-state index contributed by atoms with van der Waals surface area (Å²) in [5.74, 6) is -0.172. The number of benzene rings is 3. The molecule has 0 saturated carbocycles. The van der Waals surface area contributed by atoms with Gasteiger partial charge in [0.2, 0.25) is 15.9 Å². The summed E-state index contributed by atoms with van der Waals surface area (Å²) < 4.78 is 31.9. The van der Waals surface area contributed by atoms with Crippen LogP contribution in [0, 0.1) is 13.8 Å². The number of furan rings is 1. The van der Waals surface area contributed by atoms with Gasteiger partial charge in [-0.05, 0) is 61.7 Å². The van der Waals surface area contributed by atoms with Crippen molar-refractivity contribution >= 4 is 49.2 Å². The van der Waals surface area contributed by atoms with E-state index in [1.807, 2.05) is 74.5 Å². The molecule has 0 atom stereocenters. The number of rotatable bonds is 7. The van der Waals surface area contributed by atoms with Gasteiger partial charge in [0.15, 0.2) is 0 Å². The van der Waals surface area contributed by atoms with Gasteiger partial charge in [-0.3, -0.25) is 9.10 Å². The lowest BCUT2D eigenvalue weighted by atomic mass is 10.1. The Kier molecular flexibility index (Phi) is 5.93. The van der Waals surface area contributed by atoms with E-state index in [-0.39, 0.29) is 18.9 Å². The molecular formula is C25H26N2O4S. The first-order valence-electron chi connectivity index (χ1n) is 10.5. The van der Waals surface area contributed by atoms with Crippen LogP contribution in [0.1, 0.15) is 24.0 Å². The fraction of sp³-hybridized carbons (Fsp3) is 0.240. The Morgan fingerprint density at radius 2 is 1.62 bits per heavy atom. The summed E-state index contributed by atoms with van der Waals surface area (Å²) >= 11 is 0. The summed E-state index contributed by atoms with van der Waals surface area (Å²) in [6.07, 6.45) is 1.79. The number of nitrogens with zero attached hydrogens (tertiary/aromatic N) is 1. The molecule has 32 heavy (non-hydrogen) atoms. The van der Waals surface area contributed by atoms with E-state index in [9.17, 15) is 13.2 Å². The molecule has 4 rings (SSSR count). The van der Waals surface area contributed by atoms with Crippen LogP contribution in [0.4, 0.5) is 11.4 Å². The molecule has 0 fully saturated rings. The fourth-order valence-electron chi connectivity index (χ4n) is 3.99. The number of anilines is 2. The molecule has 1 amide bonds. The van der Waals surface area contributed by atoms with Gasteiger partial charge in [-0.15, -0.1) is 0 Å². The molecule has 1 N–H and O–H groups in total. The molecule has 0 aliphatic rings. The predicted octanol–water partition coefficient (Wildman–Crippen LogP) is 5.39. The highest BCUT2D eigenvalue weighted by Crippen LogP contribution is 2.30. The van der Waals surface area contributed by atoms with Gasteiger partial charge < -0.3 is 9.73 Å². The summed E-state index contributed by atoms with van der Waals surface area (Å²) in [5, 5.41) is 4.91. The number of para-hydroxylation sites is 1. The number of nitrogens with one attached hydrogen (secondary N) is 1. The average molecular weight is 451 g/mol. The van der Waals surface area contributed by atoms with Crippen molar-refractivity contribution in [3.8, 4) is 0 Å². The molecule has 1 aromatic heterocycles. The zero-order valence-electron chi connectivity index (χ0n) is 18.4. The lowest BCUT2D eigenvalue weighted by Crippen LogP contribution is -2.31. The van der Waals surface area contributed by atoms with Crippen LogP contribution < -0.4 is 9.62 Å². The number of hydrogen-bond acceptors (Lipinski definition) is 4. The molecule has 3 aromatic carbocycles. The summed E-state index contributed by atoms with van der Waals surface area (Å²) in [7, 11) is -3.46. The second-order valence-corrected chi connectivity index (χ2v) is 10.0. The van der Waals surface area contributed by atoms with Crippen molar-refractivity contribution in [1.82, 2.24) is 0 Å². The fourth-order valence-corrected chi connectivity index (χ4v) is 4.94. The smallest absolute Gasteiger partial charge is 0.232 e. The molecule has 0 spiro atoms. The standard InChI is InChI=1S/C25H26N2O4S/c1-17-13-18(2)15-20(14-17)27(32(3,29)30)12-6-9-25(28)26-19-10-11-22-21-7-4-5-8-23(21)31-24(22)16-19/h4-5,7-8,10-11,13-16H,6,9,12H2,1-3H3,(H,26,28). The van der Waals surface area contributed by atoms with Gasteiger partial charge in [0.1, 0.15) is 11.2 Å². The van der Waals surface area contributed by atoms with E-state index in [1.165, 1.54) is 10.6 Å². The van der Waals surface area contributed by atoms with Crippen molar-refractivity contribution in [3.05, 3.63) is 71.8 Å². The van der Waals surface area contributed by atoms with Crippen molar-refractivity contribution in [1.29, 1.82) is 0 Å². The molecule has 0 aliphatic heterocycles. The molecule has 7 heteroatoms. The minimum Gasteiger partial charge on any atom is -0.456 e. The third-order valence-electron chi connectivity index (χ3n) is 5.32. The number of amides is 1. The Morgan fingerprint density at radius 3 is 2.34 bits per heavy atom. The van der Waals surface area contributed by atoms with E-state index in [0.717, 1.165) is 27.5 Å². The Bertz CT molecular complexity index is 1390. The molecule has 0 aliphatic carbocycles. The highest BCUT2D eigenvalue weighted by molar-refractivity contribution is 7.92. The second kappa shape index (κ2) is 8.67. The van der Waals surface area contributed by atoms with E-state index < -0.39 is 10.0 Å². The monoisotopic (exact) mass is 450 g/mol. The van der Waals surface area contributed by atoms with Crippen LogP contribution in [-0.2, 0) is 14.8 Å². The Hall–Kier alpha value is -3.32. The van der Waals surface area contributed by atoms with Gasteiger partial charge >= 0.3 is 0 Å². The largest absolute Gasteiger partial charge is 0.456 e. The first kappa shape index (κ1) is 21.9. The number of sulfonamides is 1. The summed E-state index contributed by atoms with van der Waals surface area (Å²) in [5.41, 5.74) is 4.77. The summed E-state index contributed by atoms with van der Waals surface area (Å²) in [6, 6.07) is 19.1. The third kappa shape index (κ3) is 4.78. The van der Waals surface area contributed by atoms with E-state index >= 15 is 0 Å². The highest BCUT2D eigenvalue weighted by atomic mass is 32.2. The van der Waals surface area contributed by atoms with E-state index in [2.05, 4.69) is 5.32 Å². The van der Waals surface area contributed by atoms with Crippen LogP contribution in [0.25, 0.3) is 21.9 Å². The Labute approximate surface area is 187 Å². The Morgan fingerprint density at radius 1 is 0.938 bits per heavy atom. The normalized spacial score (nSPS) is 11.7. The summed E-state index contributed by atoms with van der Waals surface area (Å²) in [6.45, 7) is 4.10. The highest BCUT2D eigenvalue weighted by Gasteiger charge is 2.18. The van der Waals surface area contributed by atoms with E-state index in [0.29, 0.717) is 23.4 Å². The van der Waals surface area contributed by atoms with Crippen LogP contribution >= 0.6 is 0 Å². The first-order chi connectivity index (χ1) is 15.2. The molecule has 166 valence electrons. The van der Waals surface area contributed by atoms with Crippen molar-refractivity contribution in [3.63, 3.8) is 0 Å². The van der Waals surface area contributed by atoms with Gasteiger partial charge in [-0.2, -0.15) is 0 Å². The number of aryl methyl sites for hydroxylation is 2. The number of carbonyl (C=O) groups excluding carboxylic acids is 1. The quantitative estimate of drug-likeness (QED) is 0.409. The van der Waals surface area contributed by atoms with E-state index in [4.69, 9.17) is 4.42 Å². The minimum absolute atomic E-state index is 0.172. The molecule has 0 unspecified atom stereocenters. The predicted molar refractivity (Wildman–Crippen MR) is 130 cm³/mol. The Balaban J connectivity index is 1.42. The third-order valence-corrected chi connectivity index (χ3v) is 6.52. The van der Waals surface area contributed by atoms with Crippen LogP contribution in [0.15, 0.2) is 65.1 Å². The van der Waals surface area contributed by atoms with Crippen molar-refractivity contribution in [2.45, 2.75) is 26.7 Å². The number of carbonyl (C=O) groups is 1. The topological polar surface area (TPSA) is 79.6 Å². The van der Waals surface area contributed by atoms with Crippen LogP contribution in [0.2, 0.25) is 0 Å². The van der Waals surface area contributed by atoms with E-state index in [1.54, 1.807) is 0 Å². The maximum atomic E-state index is 12.5. The zero-order chi connectivity index (χ0) is 22.9. The average Bonchev–Trinajstić information content (AvgIpc) is 3.07. The van der Waals surface area contributed by atoms with Crippen LogP contribution in [0.3, 0.4) is 0 Å². The maximum absolute atomic E-state index is 12.5. The van der Waals surface area contributed by atoms with Gasteiger partial charge in [-0.1, -0.05) is 24.3 Å². The van der Waals surface area contributed by atoms with Crippen LogP contribution in [-0.4, -0.2) is 27.1 Å². The number of fused-ring (bicyclic) bond motifs is 3. The number of hydrogen-bond donors (Lipinski definition) is 1. The second-order valence-electron chi connectivity index (χ2n) is 8.14. The SMILES string of the molecule is Cc1cc(C)cc(N(CCCC(=O)Nc2ccc3c(c2)oc2ccccc23)S(C)(=O)=O)c1. The molecule has 1 heterocycles. The van der Waals surface area contributed by atoms with Gasteiger partial charge in [0.25, 0.3) is 0 Å². The van der Waals surface area contributed by atoms with Gasteiger partial charge in [0.05, 0.1) is 11.9 Å². The van der Waals surface area contributed by atoms with Gasteiger partial charge in [-0.25, -0.2) is 8.42 Å². The molecule has 0 bridgehead atoms. The van der Waals surface area contributed by atoms with Gasteiger partial charge in [0, 0.05) is 35.5 Å². The van der Waals surface area contributed by atoms with Crippen molar-refractivity contribution in [2.24, 2.45) is 0 Å². The van der Waals surface area contributed by atoms with Crippen LogP contribution in [0.5, 0.6) is 0 Å². The molecule has 0 radical (unpaired) electrons. The first-order valence-corrected chi connectivity index (χ1v) is 12.3.